The van der Waals surface area contributed by atoms with Gasteiger partial charge in [-0.25, -0.2) is 4.98 Å². The van der Waals surface area contributed by atoms with Gasteiger partial charge in [0.05, 0.1) is 24.1 Å². The number of nitrogens with two attached hydrogens (primary N) is 2. The summed E-state index contributed by atoms with van der Waals surface area (Å²) in [6.45, 7) is 8.93. The Labute approximate surface area is 164 Å². The topological polar surface area (TPSA) is 111 Å². The Morgan fingerprint density at radius 3 is 2.82 bits per heavy atom. The highest BCUT2D eigenvalue weighted by Crippen LogP contribution is 2.38. The largest absolute Gasteiger partial charge is 0.487 e. The van der Waals surface area contributed by atoms with Crippen molar-refractivity contribution in [1.29, 1.82) is 0 Å². The van der Waals surface area contributed by atoms with Crippen molar-refractivity contribution in [2.24, 2.45) is 16.7 Å². The summed E-state index contributed by atoms with van der Waals surface area (Å²) in [6.07, 6.45) is 5.13. The zero-order chi connectivity index (χ0) is 20.1. The summed E-state index contributed by atoms with van der Waals surface area (Å²) in [4.78, 5) is 9.30. The molecule has 0 bridgehead atoms. The van der Waals surface area contributed by atoms with Gasteiger partial charge in [-0.05, 0) is 43.7 Å². The van der Waals surface area contributed by atoms with Crippen molar-refractivity contribution >= 4 is 17.6 Å². The van der Waals surface area contributed by atoms with E-state index in [2.05, 4.69) is 22.0 Å². The third-order valence-electron chi connectivity index (χ3n) is 4.28. The number of hydrazone groups is 1. The first-order valence-electron chi connectivity index (χ1n) is 8.93. The minimum absolute atomic E-state index is 0.553. The highest BCUT2D eigenvalue weighted by molar-refractivity contribution is 5.91. The molecule has 0 saturated carbocycles. The van der Waals surface area contributed by atoms with Crippen LogP contribution in [-0.4, -0.2) is 29.3 Å². The lowest BCUT2D eigenvalue weighted by atomic mass is 10.00. The minimum atomic E-state index is 0.553. The molecule has 2 aromatic heterocycles. The summed E-state index contributed by atoms with van der Waals surface area (Å²) < 4.78 is 5.91. The van der Waals surface area contributed by atoms with Crippen molar-refractivity contribution in [2.75, 3.05) is 18.5 Å². The Morgan fingerprint density at radius 1 is 1.32 bits per heavy atom. The van der Waals surface area contributed by atoms with Gasteiger partial charge in [-0.3, -0.25) is 4.98 Å². The molecule has 7 heteroatoms. The molecule has 144 valence electrons. The lowest BCUT2D eigenvalue weighted by Crippen LogP contribution is -2.20. The quantitative estimate of drug-likeness (QED) is 0.320. The van der Waals surface area contributed by atoms with Gasteiger partial charge in [0.1, 0.15) is 6.61 Å². The maximum absolute atomic E-state index is 5.97. The second-order valence-electron chi connectivity index (χ2n) is 6.39. The Morgan fingerprint density at radius 2 is 2.14 bits per heavy atom. The summed E-state index contributed by atoms with van der Waals surface area (Å²) in [7, 11) is 0. The van der Waals surface area contributed by atoms with E-state index in [1.165, 1.54) is 6.21 Å². The van der Waals surface area contributed by atoms with E-state index in [1.54, 1.807) is 13.0 Å². The number of pyridine rings is 2. The fourth-order valence-electron chi connectivity index (χ4n) is 2.90. The summed E-state index contributed by atoms with van der Waals surface area (Å²) in [5, 5.41) is 6.89. The maximum atomic E-state index is 5.97. The number of aromatic nitrogens is 2. The van der Waals surface area contributed by atoms with Crippen LogP contribution in [-0.2, 0) is 0 Å². The zero-order valence-corrected chi connectivity index (χ0v) is 16.1. The third-order valence-corrected chi connectivity index (χ3v) is 4.28. The summed E-state index contributed by atoms with van der Waals surface area (Å²) in [5.74, 6) is 6.67. The average Bonchev–Trinajstić information content (AvgIpc) is 2.70. The second kappa shape index (κ2) is 8.39. The molecular formula is C21H24N6O. The van der Waals surface area contributed by atoms with E-state index >= 15 is 0 Å². The molecule has 2 aromatic rings. The van der Waals surface area contributed by atoms with Crippen LogP contribution in [0.3, 0.4) is 0 Å². The smallest absolute Gasteiger partial charge is 0.170 e. The normalized spacial score (nSPS) is 14.7. The fourth-order valence-corrected chi connectivity index (χ4v) is 2.90. The van der Waals surface area contributed by atoms with Gasteiger partial charge in [0.2, 0.25) is 0 Å². The Bertz CT molecular complexity index is 986. The first kappa shape index (κ1) is 19.2. The van der Waals surface area contributed by atoms with E-state index in [0.29, 0.717) is 36.0 Å². The monoisotopic (exact) mass is 376 g/mol. The van der Waals surface area contributed by atoms with Crippen molar-refractivity contribution in [1.82, 2.24) is 9.97 Å². The molecule has 0 aromatic carbocycles. The number of fused-ring (bicyclic) bond motifs is 1. The molecule has 3 heterocycles. The highest BCUT2D eigenvalue weighted by atomic mass is 16.5. The van der Waals surface area contributed by atoms with Crippen LogP contribution in [0, 0.1) is 6.92 Å². The van der Waals surface area contributed by atoms with E-state index in [1.807, 2.05) is 37.3 Å². The molecule has 5 N–H and O–H groups in total. The zero-order valence-electron chi connectivity index (χ0n) is 16.1. The standard InChI is InChI=1S/C21H24N6O/c1-4-15(10-16(12-25-23)14(3)22)17-11-19(18-7-5-6-13(2)26-18)27-21-20(17)28-9-8-24-21/h4-7,10-12H,1,8-9,22-23H2,2-3H3,(H,24,27)/b15-10+,16-14+,25-12-. The SMILES string of the molecule is C=C\C(=C/C(/C=N\N)=C(/C)N)c1cc(-c2cccc(C)n2)nc2c1OCCN2. The number of hydrogen-bond acceptors (Lipinski definition) is 7. The van der Waals surface area contributed by atoms with Gasteiger partial charge in [-0.1, -0.05) is 18.7 Å². The van der Waals surface area contributed by atoms with Crippen LogP contribution in [0.15, 0.2) is 59.4 Å². The summed E-state index contributed by atoms with van der Waals surface area (Å²) in [5.41, 5.74) is 11.4. The molecule has 0 amide bonds. The second-order valence-corrected chi connectivity index (χ2v) is 6.39. The van der Waals surface area contributed by atoms with Crippen LogP contribution in [0.5, 0.6) is 5.75 Å². The molecule has 0 saturated heterocycles. The van der Waals surface area contributed by atoms with Crippen molar-refractivity contribution in [3.63, 3.8) is 0 Å². The number of anilines is 1. The van der Waals surface area contributed by atoms with Crippen LogP contribution in [0.1, 0.15) is 18.2 Å². The molecule has 7 nitrogen and oxygen atoms in total. The van der Waals surface area contributed by atoms with Gasteiger partial charge in [0, 0.05) is 22.5 Å². The van der Waals surface area contributed by atoms with E-state index in [0.717, 1.165) is 28.2 Å². The molecule has 0 spiro atoms. The van der Waals surface area contributed by atoms with Gasteiger partial charge in [-0.2, -0.15) is 5.10 Å². The predicted octanol–water partition coefficient (Wildman–Crippen LogP) is 3.00. The van der Waals surface area contributed by atoms with E-state index in [9.17, 15) is 0 Å². The molecular weight excluding hydrogens is 352 g/mol. The molecule has 0 atom stereocenters. The van der Waals surface area contributed by atoms with Gasteiger partial charge < -0.3 is 21.6 Å². The lowest BCUT2D eigenvalue weighted by molar-refractivity contribution is 0.320. The molecule has 0 radical (unpaired) electrons. The van der Waals surface area contributed by atoms with E-state index < -0.39 is 0 Å². The maximum Gasteiger partial charge on any atom is 0.170 e. The number of allylic oxidation sites excluding steroid dienone is 5. The Kier molecular flexibility index (Phi) is 5.74. The Balaban J connectivity index is 2.22. The van der Waals surface area contributed by atoms with Gasteiger partial charge in [0.25, 0.3) is 0 Å². The molecule has 0 fully saturated rings. The number of ether oxygens (including phenoxy) is 1. The molecule has 3 rings (SSSR count). The van der Waals surface area contributed by atoms with Crippen molar-refractivity contribution in [2.45, 2.75) is 13.8 Å². The van der Waals surface area contributed by atoms with Crippen LogP contribution in [0.25, 0.3) is 17.0 Å². The van der Waals surface area contributed by atoms with E-state index in [-0.39, 0.29) is 0 Å². The molecule has 0 unspecified atom stereocenters. The summed E-state index contributed by atoms with van der Waals surface area (Å²) in [6, 6.07) is 7.79. The fraction of sp³-hybridized carbons (Fsp3) is 0.190. The van der Waals surface area contributed by atoms with Crippen LogP contribution < -0.4 is 21.6 Å². The number of rotatable bonds is 5. The first-order valence-corrected chi connectivity index (χ1v) is 8.93. The molecule has 1 aliphatic heterocycles. The van der Waals surface area contributed by atoms with Gasteiger partial charge >= 0.3 is 0 Å². The van der Waals surface area contributed by atoms with Crippen molar-refractivity contribution in [3.8, 4) is 17.1 Å². The van der Waals surface area contributed by atoms with Crippen molar-refractivity contribution in [3.05, 3.63) is 65.5 Å². The average molecular weight is 376 g/mol. The lowest BCUT2D eigenvalue weighted by Gasteiger charge is -2.22. The number of nitrogens with zero attached hydrogens (tertiary/aromatic N) is 3. The first-order chi connectivity index (χ1) is 13.5. The Hall–Kier alpha value is -3.61. The van der Waals surface area contributed by atoms with Crippen molar-refractivity contribution < 1.29 is 4.74 Å². The number of nitrogens with one attached hydrogen (secondary N) is 1. The predicted molar refractivity (Wildman–Crippen MR) is 114 cm³/mol. The van der Waals surface area contributed by atoms with E-state index in [4.69, 9.17) is 21.3 Å². The molecule has 28 heavy (non-hydrogen) atoms. The molecule has 1 aliphatic rings. The molecule has 0 aliphatic carbocycles. The summed E-state index contributed by atoms with van der Waals surface area (Å²) >= 11 is 0. The third kappa shape index (κ3) is 4.03. The highest BCUT2D eigenvalue weighted by Gasteiger charge is 2.20. The number of hydrogen-bond donors (Lipinski definition) is 3. The minimum Gasteiger partial charge on any atom is -0.487 e. The van der Waals surface area contributed by atoms with Crippen LogP contribution in [0.2, 0.25) is 0 Å². The van der Waals surface area contributed by atoms with Crippen LogP contribution in [0.4, 0.5) is 5.82 Å². The number of aryl methyl sites for hydroxylation is 1. The van der Waals surface area contributed by atoms with Crippen LogP contribution >= 0.6 is 0 Å². The van der Waals surface area contributed by atoms with Gasteiger partial charge in [-0.15, -0.1) is 0 Å². The van der Waals surface area contributed by atoms with Gasteiger partial charge in [0.15, 0.2) is 11.6 Å².